The minimum Gasteiger partial charge on any atom is -0.354 e. The van der Waals surface area contributed by atoms with Gasteiger partial charge in [-0.1, -0.05) is 36.4 Å². The minimum atomic E-state index is -0.334. The number of H-pyrrole nitrogens is 3. The maximum atomic E-state index is 13.8. The second kappa shape index (κ2) is 6.17. The van der Waals surface area contributed by atoms with Crippen LogP contribution in [0, 0.1) is 0 Å². The van der Waals surface area contributed by atoms with Crippen LogP contribution in [-0.2, 0) is 0 Å². The highest BCUT2D eigenvalue weighted by Gasteiger charge is 2.21. The van der Waals surface area contributed by atoms with Crippen LogP contribution < -0.4 is 16.3 Å². The van der Waals surface area contributed by atoms with Crippen molar-refractivity contribution < 1.29 is 1.41 Å². The molecule has 0 spiro atoms. The van der Waals surface area contributed by atoms with Gasteiger partial charge in [0, 0.05) is 32.7 Å². The fraction of sp³-hybridized carbons (Fsp3) is 0. The molecule has 0 saturated heterocycles. The van der Waals surface area contributed by atoms with Crippen LogP contribution in [0.5, 0.6) is 0 Å². The molecule has 3 N–H and O–H groups in total. The number of pyridine rings is 3. The zero-order valence-corrected chi connectivity index (χ0v) is 17.1. The van der Waals surface area contributed by atoms with Crippen LogP contribution in [0.15, 0.2) is 87.2 Å². The number of hydrogen-bond donors (Lipinski definition) is 3. The molecule has 0 bridgehead atoms. The molecular formula is C27H15N3O3. The number of fused-ring (bicyclic) bond motifs is 9. The molecule has 4 aromatic carbocycles. The Morgan fingerprint density at radius 1 is 0.485 bits per heavy atom. The van der Waals surface area contributed by atoms with Gasteiger partial charge >= 0.3 is 0 Å². The molecule has 0 radical (unpaired) electrons. The Morgan fingerprint density at radius 3 is 1.33 bits per heavy atom. The lowest BCUT2D eigenvalue weighted by Crippen LogP contribution is -2.14. The van der Waals surface area contributed by atoms with E-state index < -0.39 is 0 Å². The van der Waals surface area contributed by atoms with Crippen molar-refractivity contribution in [2.45, 2.75) is 0 Å². The first-order valence-electron chi connectivity index (χ1n) is 11.0. The van der Waals surface area contributed by atoms with E-state index in [2.05, 4.69) is 9.97 Å². The van der Waals surface area contributed by atoms with E-state index in [1.54, 1.807) is 72.8 Å². The SMILES string of the molecule is [2H]n1c2ccccc2c(=O)c2c3[nH]c4ccccc4c(=O)c3c3[nH]c4ccccc4c(=O)c3c21. The molecule has 3 aromatic heterocycles. The summed E-state index contributed by atoms with van der Waals surface area (Å²) in [5.41, 5.74) is 1.38. The summed E-state index contributed by atoms with van der Waals surface area (Å²) in [6.07, 6.45) is 0. The Balaban J connectivity index is 1.98. The molecule has 0 aliphatic rings. The normalized spacial score (nSPS) is 12.4. The topological polar surface area (TPSA) is 98.6 Å². The maximum absolute atomic E-state index is 13.8. The largest absolute Gasteiger partial charge is 0.354 e. The molecule has 33 heavy (non-hydrogen) atoms. The van der Waals surface area contributed by atoms with Crippen molar-refractivity contribution in [1.29, 1.82) is 0 Å². The number of para-hydroxylation sites is 3. The van der Waals surface area contributed by atoms with Crippen molar-refractivity contribution in [3.8, 4) is 0 Å². The highest BCUT2D eigenvalue weighted by Crippen LogP contribution is 2.31. The van der Waals surface area contributed by atoms with Gasteiger partial charge in [0.25, 0.3) is 0 Å². The van der Waals surface area contributed by atoms with Crippen LogP contribution >= 0.6 is 0 Å². The summed E-state index contributed by atoms with van der Waals surface area (Å²) in [5.74, 6) is 0. The van der Waals surface area contributed by atoms with Crippen molar-refractivity contribution in [3.63, 3.8) is 0 Å². The van der Waals surface area contributed by atoms with Gasteiger partial charge in [0.05, 0.1) is 32.7 Å². The molecular weight excluding hydrogens is 414 g/mol. The third-order valence-electron chi connectivity index (χ3n) is 6.40. The van der Waals surface area contributed by atoms with Crippen LogP contribution in [-0.4, -0.2) is 14.9 Å². The molecule has 0 unspecified atom stereocenters. The van der Waals surface area contributed by atoms with Gasteiger partial charge in [0.1, 0.15) is 0 Å². The Morgan fingerprint density at radius 2 is 0.848 bits per heavy atom. The van der Waals surface area contributed by atoms with Crippen molar-refractivity contribution >= 4 is 65.4 Å². The van der Waals surface area contributed by atoms with E-state index >= 15 is 0 Å². The number of aromatic amines is 3. The van der Waals surface area contributed by atoms with E-state index in [1.807, 2.05) is 0 Å². The van der Waals surface area contributed by atoms with Gasteiger partial charge in [0.15, 0.2) is 17.7 Å². The van der Waals surface area contributed by atoms with Crippen LogP contribution in [0.25, 0.3) is 65.4 Å². The van der Waals surface area contributed by atoms with E-state index in [1.165, 1.54) is 0 Å². The molecule has 156 valence electrons. The lowest BCUT2D eigenvalue weighted by atomic mass is 9.98. The molecule has 6 heteroatoms. The van der Waals surface area contributed by atoms with Crippen LogP contribution in [0.4, 0.5) is 0 Å². The molecule has 3 heterocycles. The second-order valence-electron chi connectivity index (χ2n) is 8.18. The monoisotopic (exact) mass is 430 g/mol. The summed E-state index contributed by atoms with van der Waals surface area (Å²) in [6.45, 7) is 0. The molecule has 0 saturated carbocycles. The number of nitrogens with one attached hydrogen (secondary N) is 3. The fourth-order valence-electron chi connectivity index (χ4n) is 4.90. The van der Waals surface area contributed by atoms with Crippen LogP contribution in [0.2, 0.25) is 1.41 Å². The van der Waals surface area contributed by atoms with Crippen LogP contribution in [0.1, 0.15) is 0 Å². The first-order chi connectivity index (χ1) is 16.6. The molecule has 0 fully saturated rings. The standard InChI is InChI=1S/C27H15N3O3/c31-25-13-7-1-4-10-16(13)28-22-19(25)23-21(27(33)14-8-2-5-11-17(14)29-23)24-20(22)26(32)15-9-3-6-12-18(15)30-24/h1-12H,(H,28,31)(H,29,33)(H,30,32)/i/hD. The Bertz CT molecular complexity index is 2140. The number of rotatable bonds is 0. The van der Waals surface area contributed by atoms with E-state index in [4.69, 9.17) is 1.41 Å². The van der Waals surface area contributed by atoms with E-state index in [9.17, 15) is 14.4 Å². The Kier molecular flexibility index (Phi) is 3.16. The lowest BCUT2D eigenvalue weighted by molar-refractivity contribution is 1.44. The van der Waals surface area contributed by atoms with Gasteiger partial charge in [-0.3, -0.25) is 14.4 Å². The molecule has 0 amide bonds. The second-order valence-corrected chi connectivity index (χ2v) is 8.18. The predicted molar refractivity (Wildman–Crippen MR) is 133 cm³/mol. The number of aromatic nitrogens is 3. The van der Waals surface area contributed by atoms with Gasteiger partial charge in [0.2, 0.25) is 0 Å². The average molecular weight is 430 g/mol. The third-order valence-corrected chi connectivity index (χ3v) is 6.40. The number of hydrogen-bond acceptors (Lipinski definition) is 3. The molecule has 7 aromatic rings. The van der Waals surface area contributed by atoms with Crippen molar-refractivity contribution in [2.75, 3.05) is 0 Å². The lowest BCUT2D eigenvalue weighted by Gasteiger charge is -2.13. The van der Waals surface area contributed by atoms with E-state index in [-0.39, 0.29) is 38.0 Å². The maximum Gasteiger partial charge on any atom is 0.199 e. The highest BCUT2D eigenvalue weighted by atomic mass is 16.1. The molecule has 0 aliphatic heterocycles. The fourth-order valence-corrected chi connectivity index (χ4v) is 4.90. The molecule has 0 atom stereocenters. The van der Waals surface area contributed by atoms with E-state index in [0.29, 0.717) is 43.7 Å². The van der Waals surface area contributed by atoms with Gasteiger partial charge in [-0.2, -0.15) is 0 Å². The average Bonchev–Trinajstić information content (AvgIpc) is 2.87. The smallest absolute Gasteiger partial charge is 0.199 e. The summed E-state index contributed by atoms with van der Waals surface area (Å²) in [6, 6.07) is 20.9. The summed E-state index contributed by atoms with van der Waals surface area (Å²) in [5, 5.41) is 1.76. The van der Waals surface area contributed by atoms with Gasteiger partial charge in [-0.25, -0.2) is 0 Å². The van der Waals surface area contributed by atoms with Gasteiger partial charge < -0.3 is 14.9 Å². The Labute approximate surface area is 185 Å². The van der Waals surface area contributed by atoms with E-state index in [0.717, 1.165) is 4.98 Å². The van der Waals surface area contributed by atoms with Crippen molar-refractivity contribution in [3.05, 3.63) is 103 Å². The minimum absolute atomic E-state index is 0.153. The summed E-state index contributed by atoms with van der Waals surface area (Å²) < 4.78 is 8.94. The summed E-state index contributed by atoms with van der Waals surface area (Å²) in [4.78, 5) is 49.0. The summed E-state index contributed by atoms with van der Waals surface area (Å²) >= 11 is 0. The van der Waals surface area contributed by atoms with Crippen LogP contribution in [0.3, 0.4) is 0 Å². The summed E-state index contributed by atoms with van der Waals surface area (Å²) in [7, 11) is 0. The first kappa shape index (κ1) is 16.9. The zero-order chi connectivity index (χ0) is 23.1. The third kappa shape index (κ3) is 2.24. The zero-order valence-electron chi connectivity index (χ0n) is 18.1. The van der Waals surface area contributed by atoms with Crippen molar-refractivity contribution in [2.24, 2.45) is 0 Å². The molecule has 6 nitrogen and oxygen atoms in total. The molecule has 7 rings (SSSR count). The Hall–Kier alpha value is -4.71. The first-order valence-corrected chi connectivity index (χ1v) is 10.5. The van der Waals surface area contributed by atoms with Crippen molar-refractivity contribution in [1.82, 2.24) is 14.9 Å². The van der Waals surface area contributed by atoms with Gasteiger partial charge in [-0.15, -0.1) is 0 Å². The molecule has 0 aliphatic carbocycles. The van der Waals surface area contributed by atoms with Gasteiger partial charge in [-0.05, 0) is 36.4 Å². The highest BCUT2D eigenvalue weighted by molar-refractivity contribution is 6.25. The predicted octanol–water partition coefficient (Wildman–Crippen LogP) is 4.67. The number of benzene rings is 4. The quantitative estimate of drug-likeness (QED) is 0.241.